The number of hydrogen-bond donors (Lipinski definition) is 3. The highest BCUT2D eigenvalue weighted by Crippen LogP contribution is 2.19. The smallest absolute Gasteiger partial charge is 0.326 e. The fraction of sp³-hybridized carbons (Fsp3) is 0.429. The average Bonchev–Trinajstić information content (AvgIpc) is 2.90. The highest BCUT2D eigenvalue weighted by molar-refractivity contribution is 5.87. The van der Waals surface area contributed by atoms with Crippen LogP contribution in [0.1, 0.15) is 18.4 Å². The van der Waals surface area contributed by atoms with E-state index in [1.165, 1.54) is 17.0 Å². The van der Waals surface area contributed by atoms with Gasteiger partial charge in [0.1, 0.15) is 11.8 Å². The molecule has 20 heavy (non-hydrogen) atoms. The molecule has 0 bridgehead atoms. The minimum Gasteiger partial charge on any atom is -0.508 e. The highest BCUT2D eigenvalue weighted by Gasteiger charge is 2.35. The largest absolute Gasteiger partial charge is 0.508 e. The molecule has 1 aromatic rings. The van der Waals surface area contributed by atoms with Crippen molar-refractivity contribution < 1.29 is 19.8 Å². The van der Waals surface area contributed by atoms with Crippen molar-refractivity contribution >= 4 is 11.9 Å². The molecule has 0 aromatic heterocycles. The molecule has 0 aliphatic carbocycles. The first-order valence-corrected chi connectivity index (χ1v) is 6.56. The SMILES string of the molecule is N[C@H](Cc1ccc(O)cc1)C(=O)N1CCC[C@@H]1C(=O)O. The van der Waals surface area contributed by atoms with Gasteiger partial charge in [0.2, 0.25) is 5.91 Å². The Hall–Kier alpha value is -2.08. The van der Waals surface area contributed by atoms with Gasteiger partial charge in [-0.1, -0.05) is 12.1 Å². The van der Waals surface area contributed by atoms with Gasteiger partial charge in [-0.25, -0.2) is 4.79 Å². The predicted molar refractivity (Wildman–Crippen MR) is 72.2 cm³/mol. The van der Waals surface area contributed by atoms with E-state index in [4.69, 9.17) is 10.8 Å². The molecule has 108 valence electrons. The number of carbonyl (C=O) groups excluding carboxylic acids is 1. The van der Waals surface area contributed by atoms with Gasteiger partial charge in [-0.15, -0.1) is 0 Å². The topological polar surface area (TPSA) is 104 Å². The van der Waals surface area contributed by atoms with Crippen molar-refractivity contribution in [2.45, 2.75) is 31.3 Å². The number of aromatic hydroxyl groups is 1. The van der Waals surface area contributed by atoms with Crippen LogP contribution in [0.15, 0.2) is 24.3 Å². The lowest BCUT2D eigenvalue weighted by Crippen LogP contribution is -2.49. The van der Waals surface area contributed by atoms with Gasteiger partial charge in [0.25, 0.3) is 0 Å². The zero-order valence-electron chi connectivity index (χ0n) is 11.0. The van der Waals surface area contributed by atoms with Crippen LogP contribution in [0.4, 0.5) is 0 Å². The molecule has 4 N–H and O–H groups in total. The van der Waals surface area contributed by atoms with Crippen molar-refractivity contribution in [3.05, 3.63) is 29.8 Å². The molecule has 6 heteroatoms. The fourth-order valence-electron chi connectivity index (χ4n) is 2.47. The summed E-state index contributed by atoms with van der Waals surface area (Å²) in [5.74, 6) is -1.16. The molecule has 1 aliphatic rings. The molecule has 6 nitrogen and oxygen atoms in total. The summed E-state index contributed by atoms with van der Waals surface area (Å²) >= 11 is 0. The van der Waals surface area contributed by atoms with Crippen molar-refractivity contribution in [1.29, 1.82) is 0 Å². The summed E-state index contributed by atoms with van der Waals surface area (Å²) in [6.07, 6.45) is 1.49. The maximum absolute atomic E-state index is 12.2. The van der Waals surface area contributed by atoms with Crippen LogP contribution in [0.25, 0.3) is 0 Å². The zero-order chi connectivity index (χ0) is 14.7. The molecule has 1 amide bonds. The van der Waals surface area contributed by atoms with Crippen LogP contribution in [0.2, 0.25) is 0 Å². The van der Waals surface area contributed by atoms with E-state index in [2.05, 4.69) is 0 Å². The van der Waals surface area contributed by atoms with Gasteiger partial charge >= 0.3 is 5.97 Å². The maximum Gasteiger partial charge on any atom is 0.326 e. The van der Waals surface area contributed by atoms with Crippen molar-refractivity contribution in [2.75, 3.05) is 6.54 Å². The maximum atomic E-state index is 12.2. The number of likely N-dealkylation sites (tertiary alicyclic amines) is 1. The molecule has 1 heterocycles. The highest BCUT2D eigenvalue weighted by atomic mass is 16.4. The molecule has 0 saturated carbocycles. The summed E-state index contributed by atoms with van der Waals surface area (Å²) in [6, 6.07) is 4.93. The van der Waals surface area contributed by atoms with Crippen molar-refractivity contribution in [2.24, 2.45) is 5.73 Å². The molecule has 1 aromatic carbocycles. The van der Waals surface area contributed by atoms with Crippen LogP contribution >= 0.6 is 0 Å². The Balaban J connectivity index is 2.01. The second kappa shape index (κ2) is 5.92. The van der Waals surface area contributed by atoms with Gasteiger partial charge in [-0.3, -0.25) is 4.79 Å². The number of rotatable bonds is 4. The molecular weight excluding hydrogens is 260 g/mol. The first-order chi connectivity index (χ1) is 9.49. The van der Waals surface area contributed by atoms with Gasteiger partial charge in [0, 0.05) is 6.54 Å². The van der Waals surface area contributed by atoms with E-state index in [1.54, 1.807) is 12.1 Å². The molecule has 2 atom stereocenters. The number of nitrogens with zero attached hydrogens (tertiary/aromatic N) is 1. The Morgan fingerprint density at radius 3 is 2.60 bits per heavy atom. The molecule has 0 spiro atoms. The number of phenolic OH excluding ortho intramolecular Hbond substituents is 1. The number of nitrogens with two attached hydrogens (primary N) is 1. The lowest BCUT2D eigenvalue weighted by molar-refractivity contribution is -0.148. The summed E-state index contributed by atoms with van der Waals surface area (Å²) in [4.78, 5) is 24.6. The van der Waals surface area contributed by atoms with Crippen molar-refractivity contribution in [3.8, 4) is 5.75 Å². The summed E-state index contributed by atoms with van der Waals surface area (Å²) in [5, 5.41) is 18.3. The first kappa shape index (κ1) is 14.3. The number of carboxylic acids is 1. The Bertz CT molecular complexity index is 500. The van der Waals surface area contributed by atoms with Crippen LogP contribution in [-0.4, -0.2) is 45.6 Å². The number of phenols is 1. The third kappa shape index (κ3) is 3.08. The van der Waals surface area contributed by atoms with E-state index in [0.717, 1.165) is 5.56 Å². The first-order valence-electron chi connectivity index (χ1n) is 6.56. The second-order valence-electron chi connectivity index (χ2n) is 5.00. The summed E-state index contributed by atoms with van der Waals surface area (Å²) in [5.41, 5.74) is 6.71. The minimum atomic E-state index is -0.979. The quantitative estimate of drug-likeness (QED) is 0.736. The zero-order valence-corrected chi connectivity index (χ0v) is 11.0. The van der Waals surface area contributed by atoms with Crippen LogP contribution in [0.3, 0.4) is 0 Å². The van der Waals surface area contributed by atoms with E-state index in [-0.39, 0.29) is 11.7 Å². The number of carboxylic acid groups (broad SMARTS) is 1. The van der Waals surface area contributed by atoms with Crippen LogP contribution < -0.4 is 5.73 Å². The van der Waals surface area contributed by atoms with Crippen LogP contribution in [0.5, 0.6) is 5.75 Å². The molecule has 2 rings (SSSR count). The predicted octanol–water partition coefficient (Wildman–Crippen LogP) is 0.338. The Morgan fingerprint density at radius 2 is 2.00 bits per heavy atom. The second-order valence-corrected chi connectivity index (χ2v) is 5.00. The van der Waals surface area contributed by atoms with Crippen molar-refractivity contribution in [1.82, 2.24) is 4.90 Å². The van der Waals surface area contributed by atoms with Crippen LogP contribution in [0, 0.1) is 0 Å². The normalized spacial score (nSPS) is 19.9. The van der Waals surface area contributed by atoms with Gasteiger partial charge in [0.15, 0.2) is 0 Å². The number of hydrogen-bond acceptors (Lipinski definition) is 4. The van der Waals surface area contributed by atoms with Crippen LogP contribution in [-0.2, 0) is 16.0 Å². The minimum absolute atomic E-state index is 0.152. The average molecular weight is 278 g/mol. The number of carbonyl (C=O) groups is 2. The molecule has 0 radical (unpaired) electrons. The van der Waals surface area contributed by atoms with E-state index < -0.39 is 18.1 Å². The van der Waals surface area contributed by atoms with Gasteiger partial charge < -0.3 is 20.8 Å². The van der Waals surface area contributed by atoms with E-state index in [9.17, 15) is 14.7 Å². The number of benzene rings is 1. The summed E-state index contributed by atoms with van der Waals surface area (Å²) in [7, 11) is 0. The van der Waals surface area contributed by atoms with E-state index >= 15 is 0 Å². The number of amides is 1. The Labute approximate surface area is 116 Å². The molecular formula is C14H18N2O4. The third-order valence-corrected chi connectivity index (χ3v) is 3.53. The Morgan fingerprint density at radius 1 is 1.35 bits per heavy atom. The lowest BCUT2D eigenvalue weighted by Gasteiger charge is -2.24. The van der Waals surface area contributed by atoms with E-state index in [0.29, 0.717) is 25.8 Å². The summed E-state index contributed by atoms with van der Waals surface area (Å²) in [6.45, 7) is 0.444. The molecule has 0 unspecified atom stereocenters. The monoisotopic (exact) mass is 278 g/mol. The van der Waals surface area contributed by atoms with E-state index in [1.807, 2.05) is 0 Å². The van der Waals surface area contributed by atoms with Gasteiger partial charge in [-0.05, 0) is 37.0 Å². The Kier molecular flexibility index (Phi) is 4.24. The van der Waals surface area contributed by atoms with Gasteiger partial charge in [0.05, 0.1) is 6.04 Å². The molecule has 1 fully saturated rings. The van der Waals surface area contributed by atoms with Gasteiger partial charge in [-0.2, -0.15) is 0 Å². The lowest BCUT2D eigenvalue weighted by atomic mass is 10.0. The van der Waals surface area contributed by atoms with Crippen molar-refractivity contribution in [3.63, 3.8) is 0 Å². The molecule has 1 aliphatic heterocycles. The fourth-order valence-corrected chi connectivity index (χ4v) is 2.47. The summed E-state index contributed by atoms with van der Waals surface area (Å²) < 4.78 is 0. The standard InChI is InChI=1S/C14H18N2O4/c15-11(8-9-3-5-10(17)6-4-9)13(18)16-7-1-2-12(16)14(19)20/h3-6,11-12,17H,1-2,7-8,15H2,(H,19,20)/t11-,12-/m1/s1. The third-order valence-electron chi connectivity index (χ3n) is 3.53. The number of aliphatic carboxylic acids is 1. The molecule has 1 saturated heterocycles.